The third-order valence-electron chi connectivity index (χ3n) is 3.13. The Labute approximate surface area is 126 Å². The summed E-state index contributed by atoms with van der Waals surface area (Å²) in [5.41, 5.74) is 1.73. The van der Waals surface area contributed by atoms with Gasteiger partial charge in [-0.25, -0.2) is 0 Å². The van der Waals surface area contributed by atoms with Crippen molar-refractivity contribution in [3.63, 3.8) is 0 Å². The van der Waals surface area contributed by atoms with Gasteiger partial charge in [-0.15, -0.1) is 0 Å². The van der Waals surface area contributed by atoms with Crippen molar-refractivity contribution in [3.05, 3.63) is 57.6 Å². The Morgan fingerprint density at radius 1 is 1.15 bits per heavy atom. The molecule has 0 fully saturated rings. The third kappa shape index (κ3) is 2.70. The van der Waals surface area contributed by atoms with E-state index in [2.05, 4.69) is 0 Å². The summed E-state index contributed by atoms with van der Waals surface area (Å²) >= 11 is 11.8. The van der Waals surface area contributed by atoms with E-state index in [9.17, 15) is 5.11 Å². The number of benzene rings is 2. The minimum atomic E-state index is -0.547. The second-order valence-electron chi connectivity index (χ2n) is 4.56. The van der Waals surface area contributed by atoms with E-state index >= 15 is 0 Å². The average molecular weight is 311 g/mol. The first-order valence-corrected chi connectivity index (χ1v) is 6.90. The van der Waals surface area contributed by atoms with Gasteiger partial charge >= 0.3 is 0 Å². The second kappa shape index (κ2) is 5.52. The van der Waals surface area contributed by atoms with Crippen LogP contribution in [0.25, 0.3) is 0 Å². The smallest absolute Gasteiger partial charge is 0.129 e. The van der Waals surface area contributed by atoms with E-state index in [4.69, 9.17) is 32.7 Å². The first kappa shape index (κ1) is 13.6. The maximum absolute atomic E-state index is 9.64. The fraction of sp³-hybridized carbons (Fsp3) is 0.200. The van der Waals surface area contributed by atoms with Crippen LogP contribution in [0.5, 0.6) is 11.5 Å². The van der Waals surface area contributed by atoms with Gasteiger partial charge in [-0.3, -0.25) is 0 Å². The SMILES string of the molecule is OC1COc2cc(OCc3ccc(Cl)c(Cl)c3)ccc21. The zero-order chi connectivity index (χ0) is 14.1. The van der Waals surface area contributed by atoms with E-state index in [1.165, 1.54) is 0 Å². The number of hydrogen-bond donors (Lipinski definition) is 1. The number of aliphatic hydroxyl groups is 1. The Morgan fingerprint density at radius 3 is 2.80 bits per heavy atom. The summed E-state index contributed by atoms with van der Waals surface area (Å²) in [6, 6.07) is 10.8. The fourth-order valence-corrected chi connectivity index (χ4v) is 2.38. The molecule has 3 rings (SSSR count). The normalized spacial score (nSPS) is 16.6. The molecule has 0 amide bonds. The van der Waals surface area contributed by atoms with Crippen LogP contribution in [-0.2, 0) is 6.61 Å². The maximum atomic E-state index is 9.64. The molecule has 0 radical (unpaired) electrons. The summed E-state index contributed by atoms with van der Waals surface area (Å²) in [5.74, 6) is 1.35. The molecule has 0 bridgehead atoms. The Bertz CT molecular complexity index is 643. The average Bonchev–Trinajstić information content (AvgIpc) is 2.81. The number of ether oxygens (including phenoxy) is 2. The summed E-state index contributed by atoms with van der Waals surface area (Å²) in [7, 11) is 0. The number of aliphatic hydroxyl groups excluding tert-OH is 1. The maximum Gasteiger partial charge on any atom is 0.129 e. The minimum absolute atomic E-state index is 0.297. The van der Waals surface area contributed by atoms with Gasteiger partial charge in [0.1, 0.15) is 30.8 Å². The van der Waals surface area contributed by atoms with Gasteiger partial charge in [0.2, 0.25) is 0 Å². The molecule has 1 heterocycles. The second-order valence-corrected chi connectivity index (χ2v) is 5.38. The third-order valence-corrected chi connectivity index (χ3v) is 3.87. The zero-order valence-corrected chi connectivity index (χ0v) is 12.0. The van der Waals surface area contributed by atoms with Gasteiger partial charge in [0.25, 0.3) is 0 Å². The Balaban J connectivity index is 1.71. The van der Waals surface area contributed by atoms with E-state index in [0.717, 1.165) is 11.1 Å². The molecule has 0 aliphatic carbocycles. The van der Waals surface area contributed by atoms with Gasteiger partial charge in [0, 0.05) is 11.6 Å². The van der Waals surface area contributed by atoms with Gasteiger partial charge in [0.05, 0.1) is 10.0 Å². The molecular formula is C15H12Cl2O3. The van der Waals surface area contributed by atoms with Crippen LogP contribution in [0.3, 0.4) is 0 Å². The molecule has 1 aliphatic heterocycles. The van der Waals surface area contributed by atoms with Crippen LogP contribution >= 0.6 is 23.2 Å². The highest BCUT2D eigenvalue weighted by molar-refractivity contribution is 6.42. The van der Waals surface area contributed by atoms with E-state index in [1.807, 2.05) is 18.2 Å². The molecule has 0 saturated carbocycles. The lowest BCUT2D eigenvalue weighted by Crippen LogP contribution is -1.97. The lowest BCUT2D eigenvalue weighted by molar-refractivity contribution is 0.140. The summed E-state index contributed by atoms with van der Waals surface area (Å²) < 4.78 is 11.1. The molecule has 104 valence electrons. The van der Waals surface area contributed by atoms with Crippen molar-refractivity contribution >= 4 is 23.2 Å². The van der Waals surface area contributed by atoms with Crippen LogP contribution in [0.4, 0.5) is 0 Å². The van der Waals surface area contributed by atoms with Crippen LogP contribution in [0, 0.1) is 0 Å². The van der Waals surface area contributed by atoms with E-state index < -0.39 is 6.10 Å². The quantitative estimate of drug-likeness (QED) is 0.931. The number of fused-ring (bicyclic) bond motifs is 1. The molecule has 3 nitrogen and oxygen atoms in total. The van der Waals surface area contributed by atoms with Gasteiger partial charge < -0.3 is 14.6 Å². The summed E-state index contributed by atoms with van der Waals surface area (Å²) in [6.07, 6.45) is -0.547. The van der Waals surface area contributed by atoms with Crippen LogP contribution in [-0.4, -0.2) is 11.7 Å². The Morgan fingerprint density at radius 2 is 2.00 bits per heavy atom. The van der Waals surface area contributed by atoms with E-state index in [1.54, 1.807) is 18.2 Å². The molecular weight excluding hydrogens is 299 g/mol. The molecule has 20 heavy (non-hydrogen) atoms. The molecule has 0 spiro atoms. The van der Waals surface area contributed by atoms with Gasteiger partial charge in [-0.2, -0.15) is 0 Å². The molecule has 2 aromatic carbocycles. The monoisotopic (exact) mass is 310 g/mol. The predicted octanol–water partition coefficient (Wildman–Crippen LogP) is 4.00. The van der Waals surface area contributed by atoms with Crippen LogP contribution < -0.4 is 9.47 Å². The summed E-state index contributed by atoms with van der Waals surface area (Å²) in [6.45, 7) is 0.684. The van der Waals surface area contributed by atoms with Crippen LogP contribution in [0.2, 0.25) is 10.0 Å². The highest BCUT2D eigenvalue weighted by atomic mass is 35.5. The lowest BCUT2D eigenvalue weighted by atomic mass is 10.1. The molecule has 1 atom stereocenters. The van der Waals surface area contributed by atoms with Crippen molar-refractivity contribution in [2.45, 2.75) is 12.7 Å². The number of hydrogen-bond acceptors (Lipinski definition) is 3. The van der Waals surface area contributed by atoms with Crippen molar-refractivity contribution in [1.82, 2.24) is 0 Å². The first-order chi connectivity index (χ1) is 9.63. The number of halogens is 2. The van der Waals surface area contributed by atoms with E-state index in [-0.39, 0.29) is 0 Å². The topological polar surface area (TPSA) is 38.7 Å². The van der Waals surface area contributed by atoms with Crippen molar-refractivity contribution in [2.75, 3.05) is 6.61 Å². The summed E-state index contributed by atoms with van der Waals surface area (Å²) in [5, 5.41) is 10.7. The molecule has 1 N–H and O–H groups in total. The minimum Gasteiger partial charge on any atom is -0.490 e. The fourth-order valence-electron chi connectivity index (χ4n) is 2.06. The summed E-state index contributed by atoms with van der Waals surface area (Å²) in [4.78, 5) is 0. The largest absolute Gasteiger partial charge is 0.490 e. The highest BCUT2D eigenvalue weighted by Crippen LogP contribution is 2.35. The van der Waals surface area contributed by atoms with E-state index in [0.29, 0.717) is 34.8 Å². The molecule has 5 heteroatoms. The van der Waals surface area contributed by atoms with Crippen LogP contribution in [0.15, 0.2) is 36.4 Å². The Hall–Kier alpha value is -1.42. The number of rotatable bonds is 3. The van der Waals surface area contributed by atoms with Gasteiger partial charge in [-0.1, -0.05) is 29.3 Å². The Kier molecular flexibility index (Phi) is 3.74. The van der Waals surface area contributed by atoms with Gasteiger partial charge in [-0.05, 0) is 29.8 Å². The molecule has 2 aromatic rings. The van der Waals surface area contributed by atoms with Gasteiger partial charge in [0.15, 0.2) is 0 Å². The van der Waals surface area contributed by atoms with Crippen LogP contribution in [0.1, 0.15) is 17.2 Å². The lowest BCUT2D eigenvalue weighted by Gasteiger charge is -2.08. The van der Waals surface area contributed by atoms with Crippen molar-refractivity contribution in [2.24, 2.45) is 0 Å². The van der Waals surface area contributed by atoms with Crippen molar-refractivity contribution in [1.29, 1.82) is 0 Å². The predicted molar refractivity (Wildman–Crippen MR) is 77.7 cm³/mol. The highest BCUT2D eigenvalue weighted by Gasteiger charge is 2.21. The zero-order valence-electron chi connectivity index (χ0n) is 10.5. The molecule has 1 aliphatic rings. The standard InChI is InChI=1S/C15H12Cl2O3/c16-12-4-1-9(5-13(12)17)7-19-10-2-3-11-14(18)8-20-15(11)6-10/h1-6,14,18H,7-8H2. The molecule has 1 unspecified atom stereocenters. The molecule has 0 aromatic heterocycles. The first-order valence-electron chi connectivity index (χ1n) is 6.15. The van der Waals surface area contributed by atoms with Crippen molar-refractivity contribution in [3.8, 4) is 11.5 Å². The molecule has 0 saturated heterocycles. The van der Waals surface area contributed by atoms with Crippen molar-refractivity contribution < 1.29 is 14.6 Å².